The average molecular weight is 319 g/mol. The molecule has 1 atom stereocenters. The van der Waals surface area contributed by atoms with Gasteiger partial charge in [0.2, 0.25) is 0 Å². The predicted octanol–water partition coefficient (Wildman–Crippen LogP) is 4.81. The van der Waals surface area contributed by atoms with E-state index in [1.165, 1.54) is 18.6 Å². The molecule has 1 N–H and O–H groups in total. The van der Waals surface area contributed by atoms with Crippen LogP contribution in [0.4, 0.5) is 10.1 Å². The molecule has 1 fully saturated rings. The summed E-state index contributed by atoms with van der Waals surface area (Å²) in [7, 11) is 0. The van der Waals surface area contributed by atoms with Gasteiger partial charge in [-0.3, -0.25) is 0 Å². The van der Waals surface area contributed by atoms with E-state index >= 15 is 0 Å². The quantitative estimate of drug-likeness (QED) is 0.857. The molecule has 20 heavy (non-hydrogen) atoms. The maximum absolute atomic E-state index is 13.2. The zero-order valence-corrected chi connectivity index (χ0v) is 13.3. The molecule has 1 aliphatic heterocycles. The lowest BCUT2D eigenvalue weighted by Gasteiger charge is -2.21. The normalized spacial score (nSPS) is 20.7. The van der Waals surface area contributed by atoms with Gasteiger partial charge in [0.25, 0.3) is 0 Å². The number of likely N-dealkylation sites (tertiary alicyclic amines) is 1. The summed E-state index contributed by atoms with van der Waals surface area (Å²) in [6.07, 6.45) is 4.50. The number of nitrogens with zero attached hydrogens (tertiary/aromatic N) is 1. The van der Waals surface area contributed by atoms with Crippen molar-refractivity contribution >= 4 is 28.9 Å². The minimum atomic E-state index is -0.402. The van der Waals surface area contributed by atoms with Gasteiger partial charge < -0.3 is 10.2 Å². The summed E-state index contributed by atoms with van der Waals surface area (Å²) >= 11 is 12.2. The Hall–Kier alpha value is -0.510. The summed E-state index contributed by atoms with van der Waals surface area (Å²) in [6, 6.07) is 2.95. The third-order valence-electron chi connectivity index (χ3n) is 3.72. The summed E-state index contributed by atoms with van der Waals surface area (Å²) in [5.74, 6) is -0.402. The molecular weight excluding hydrogens is 298 g/mol. The average Bonchev–Trinajstić information content (AvgIpc) is 2.60. The highest BCUT2D eigenvalue weighted by Crippen LogP contribution is 2.33. The maximum atomic E-state index is 13.2. The summed E-state index contributed by atoms with van der Waals surface area (Å²) < 4.78 is 13.2. The van der Waals surface area contributed by atoms with E-state index in [1.54, 1.807) is 0 Å². The Bertz CT molecular complexity index is 430. The van der Waals surface area contributed by atoms with Crippen LogP contribution in [0.2, 0.25) is 10.0 Å². The molecule has 0 amide bonds. The number of anilines is 1. The minimum Gasteiger partial charge on any atom is -0.380 e. The van der Waals surface area contributed by atoms with E-state index in [-0.39, 0.29) is 0 Å². The third-order valence-corrected chi connectivity index (χ3v) is 4.31. The number of nitrogens with one attached hydrogen (secondary N) is 1. The van der Waals surface area contributed by atoms with Crippen molar-refractivity contribution in [2.45, 2.75) is 38.6 Å². The Morgan fingerprint density at radius 2 is 1.95 bits per heavy atom. The van der Waals surface area contributed by atoms with E-state index in [2.05, 4.69) is 17.1 Å². The molecule has 5 heteroatoms. The predicted molar refractivity (Wildman–Crippen MR) is 84.4 cm³/mol. The molecule has 0 bridgehead atoms. The fourth-order valence-corrected chi connectivity index (χ4v) is 3.29. The fraction of sp³-hybridized carbons (Fsp3) is 0.600. The van der Waals surface area contributed by atoms with Crippen LogP contribution in [0.25, 0.3) is 0 Å². The molecule has 1 heterocycles. The van der Waals surface area contributed by atoms with E-state index in [1.807, 2.05) is 0 Å². The second-order valence-corrected chi connectivity index (χ2v) is 6.17. The lowest BCUT2D eigenvalue weighted by atomic mass is 10.1. The van der Waals surface area contributed by atoms with Crippen LogP contribution < -0.4 is 5.32 Å². The van der Waals surface area contributed by atoms with Gasteiger partial charge in [-0.2, -0.15) is 0 Å². The van der Waals surface area contributed by atoms with Crippen LogP contribution in [-0.2, 0) is 0 Å². The molecule has 1 aromatic carbocycles. The van der Waals surface area contributed by atoms with Crippen LogP contribution in [0.3, 0.4) is 0 Å². The first-order valence-corrected chi connectivity index (χ1v) is 7.99. The van der Waals surface area contributed by atoms with Crippen molar-refractivity contribution in [1.29, 1.82) is 0 Å². The Balaban J connectivity index is 2.00. The Morgan fingerprint density at radius 3 is 2.60 bits per heavy atom. The molecule has 2 rings (SSSR count). The lowest BCUT2D eigenvalue weighted by molar-refractivity contribution is 0.285. The number of hydrogen-bond acceptors (Lipinski definition) is 2. The van der Waals surface area contributed by atoms with Crippen molar-refractivity contribution in [1.82, 2.24) is 4.90 Å². The molecule has 0 radical (unpaired) electrons. The first kappa shape index (κ1) is 15.9. The van der Waals surface area contributed by atoms with Crippen molar-refractivity contribution in [3.63, 3.8) is 0 Å². The molecule has 1 aliphatic rings. The van der Waals surface area contributed by atoms with Gasteiger partial charge >= 0.3 is 0 Å². The van der Waals surface area contributed by atoms with Gasteiger partial charge in [-0.05, 0) is 50.9 Å². The van der Waals surface area contributed by atoms with Crippen molar-refractivity contribution < 1.29 is 4.39 Å². The molecular formula is C15H21Cl2FN2. The van der Waals surface area contributed by atoms with E-state index in [4.69, 9.17) is 23.2 Å². The molecule has 1 unspecified atom stereocenters. The van der Waals surface area contributed by atoms with Crippen molar-refractivity contribution in [3.05, 3.63) is 28.0 Å². The van der Waals surface area contributed by atoms with Crippen LogP contribution in [0, 0.1) is 5.82 Å². The molecule has 2 nitrogen and oxygen atoms in total. The zero-order valence-electron chi connectivity index (χ0n) is 11.8. The second-order valence-electron chi connectivity index (χ2n) is 5.36. The van der Waals surface area contributed by atoms with Crippen LogP contribution >= 0.6 is 23.2 Å². The smallest absolute Gasteiger partial charge is 0.126 e. The summed E-state index contributed by atoms with van der Waals surface area (Å²) in [6.45, 7) is 5.60. The van der Waals surface area contributed by atoms with Crippen LogP contribution in [0.15, 0.2) is 12.1 Å². The monoisotopic (exact) mass is 318 g/mol. The van der Waals surface area contributed by atoms with Gasteiger partial charge in [-0.25, -0.2) is 4.39 Å². The van der Waals surface area contributed by atoms with Gasteiger partial charge in [0, 0.05) is 12.6 Å². The Labute approximate surface area is 130 Å². The van der Waals surface area contributed by atoms with Gasteiger partial charge in [0.15, 0.2) is 0 Å². The van der Waals surface area contributed by atoms with Gasteiger partial charge in [0.05, 0.1) is 15.7 Å². The Kier molecular flexibility index (Phi) is 5.94. The van der Waals surface area contributed by atoms with Gasteiger partial charge in [-0.15, -0.1) is 0 Å². The number of halogens is 3. The highest BCUT2D eigenvalue weighted by Gasteiger charge is 2.18. The highest BCUT2D eigenvalue weighted by atomic mass is 35.5. The molecule has 0 spiro atoms. The van der Waals surface area contributed by atoms with E-state index in [9.17, 15) is 4.39 Å². The summed E-state index contributed by atoms with van der Waals surface area (Å²) in [5, 5.41) is 4.09. The number of rotatable bonds is 4. The van der Waals surface area contributed by atoms with E-state index in [0.29, 0.717) is 21.8 Å². The fourth-order valence-electron chi connectivity index (χ4n) is 2.72. The van der Waals surface area contributed by atoms with Crippen molar-refractivity contribution in [2.75, 3.05) is 25.0 Å². The van der Waals surface area contributed by atoms with Crippen molar-refractivity contribution in [3.8, 4) is 0 Å². The van der Waals surface area contributed by atoms with E-state index < -0.39 is 5.82 Å². The van der Waals surface area contributed by atoms with Crippen LogP contribution in [-0.4, -0.2) is 30.6 Å². The number of benzene rings is 1. The first-order valence-electron chi connectivity index (χ1n) is 7.23. The van der Waals surface area contributed by atoms with Crippen LogP contribution in [0.5, 0.6) is 0 Å². The third kappa shape index (κ3) is 4.24. The van der Waals surface area contributed by atoms with E-state index in [0.717, 1.165) is 38.9 Å². The second kappa shape index (κ2) is 7.48. The highest BCUT2D eigenvalue weighted by molar-refractivity contribution is 6.39. The first-order chi connectivity index (χ1) is 9.60. The number of hydrogen-bond donors (Lipinski definition) is 1. The molecule has 0 aromatic heterocycles. The standard InChI is InChI=1S/C15H21Cl2FN2/c1-2-6-20-7-3-4-12(5-8-20)19-15-13(16)9-11(18)10-14(15)17/h9-10,12,19H,2-8H2,1H3. The van der Waals surface area contributed by atoms with Crippen molar-refractivity contribution in [2.24, 2.45) is 0 Å². The molecule has 1 saturated heterocycles. The molecule has 112 valence electrons. The topological polar surface area (TPSA) is 15.3 Å². The molecule has 0 aliphatic carbocycles. The minimum absolute atomic E-state index is 0.345. The SMILES string of the molecule is CCCN1CCCC(Nc2c(Cl)cc(F)cc2Cl)CC1. The molecule has 0 saturated carbocycles. The largest absolute Gasteiger partial charge is 0.380 e. The maximum Gasteiger partial charge on any atom is 0.126 e. The van der Waals surface area contributed by atoms with Gasteiger partial charge in [0.1, 0.15) is 5.82 Å². The van der Waals surface area contributed by atoms with Crippen LogP contribution in [0.1, 0.15) is 32.6 Å². The lowest BCUT2D eigenvalue weighted by Crippen LogP contribution is -2.27. The summed E-state index contributed by atoms with van der Waals surface area (Å²) in [5.41, 5.74) is 0.656. The zero-order chi connectivity index (χ0) is 14.5. The van der Waals surface area contributed by atoms with Gasteiger partial charge in [-0.1, -0.05) is 30.1 Å². The summed E-state index contributed by atoms with van der Waals surface area (Å²) in [4.78, 5) is 2.50. The Morgan fingerprint density at radius 1 is 1.25 bits per heavy atom. The molecule has 1 aromatic rings.